The monoisotopic (exact) mass is 569 g/mol. The summed E-state index contributed by atoms with van der Waals surface area (Å²) < 4.78 is 13.8. The number of hydrogen-bond acceptors (Lipinski definition) is 8. The molecule has 1 saturated heterocycles. The Labute approximate surface area is 248 Å². The van der Waals surface area contributed by atoms with E-state index >= 15 is 0 Å². The smallest absolute Gasteiger partial charge is 0.227 e. The minimum absolute atomic E-state index is 0.524. The summed E-state index contributed by atoms with van der Waals surface area (Å²) in [6, 6.07) is 10.6. The van der Waals surface area contributed by atoms with Gasteiger partial charge in [-0.25, -0.2) is 9.97 Å². The average Bonchev–Trinajstić information content (AvgIpc) is 3.65. The molecule has 1 fully saturated rings. The highest BCUT2D eigenvalue weighted by atomic mass is 16.5. The van der Waals surface area contributed by atoms with Gasteiger partial charge in [-0.1, -0.05) is 18.2 Å². The number of ether oxygens (including phenoxy) is 2. The Morgan fingerprint density at radius 1 is 1.19 bits per heavy atom. The molecule has 2 aromatic carbocycles. The van der Waals surface area contributed by atoms with Crippen LogP contribution in [0.5, 0.6) is 5.75 Å². The molecule has 42 heavy (non-hydrogen) atoms. The van der Waals surface area contributed by atoms with Gasteiger partial charge in [-0.05, 0) is 69.3 Å². The summed E-state index contributed by atoms with van der Waals surface area (Å²) in [5.74, 6) is 1.81. The Morgan fingerprint density at radius 2 is 2.07 bits per heavy atom. The van der Waals surface area contributed by atoms with Gasteiger partial charge in [0.1, 0.15) is 5.75 Å². The molecule has 2 aromatic heterocycles. The summed E-state index contributed by atoms with van der Waals surface area (Å²) in [6.07, 6.45) is 9.67. The first-order valence-corrected chi connectivity index (χ1v) is 15.1. The third-order valence-corrected chi connectivity index (χ3v) is 8.68. The SMILES string of the molecule is COc1cc(N(C)CCN(C)C)c(N)cc1Nc1ncc(CCC2CCOC2)c(-c2cn3c4c(cccc24)CCC3)n1. The van der Waals surface area contributed by atoms with Crippen LogP contribution in [0.25, 0.3) is 22.2 Å². The second-order valence-electron chi connectivity index (χ2n) is 11.9. The molecular weight excluding hydrogens is 526 g/mol. The molecule has 2 aliphatic heterocycles. The fourth-order valence-electron chi connectivity index (χ4n) is 6.27. The molecule has 0 spiro atoms. The molecule has 0 saturated carbocycles. The van der Waals surface area contributed by atoms with Crippen molar-refractivity contribution in [3.8, 4) is 17.0 Å². The highest BCUT2D eigenvalue weighted by molar-refractivity contribution is 5.98. The molecule has 3 N–H and O–H groups in total. The summed E-state index contributed by atoms with van der Waals surface area (Å²) in [5.41, 5.74) is 15.0. The van der Waals surface area contributed by atoms with E-state index in [4.69, 9.17) is 25.2 Å². The standard InChI is InChI=1S/C33H43N7O2/c1-38(2)14-15-39(3)29-18-30(41-4)28(17-27(29)34)36-33-35-19-24(11-10-22-12-16-42-21-22)31(37-33)26-20-40-13-6-8-23-7-5-9-25(26)32(23)40/h5,7,9,17-20,22H,6,8,10-16,21,34H2,1-4H3,(H,35,36,37). The maximum Gasteiger partial charge on any atom is 0.227 e. The first-order valence-electron chi connectivity index (χ1n) is 15.1. The van der Waals surface area contributed by atoms with Gasteiger partial charge in [0.2, 0.25) is 5.95 Å². The van der Waals surface area contributed by atoms with E-state index in [1.54, 1.807) is 7.11 Å². The van der Waals surface area contributed by atoms with Crippen LogP contribution in [-0.2, 0) is 24.1 Å². The van der Waals surface area contributed by atoms with Crippen molar-refractivity contribution in [3.63, 3.8) is 0 Å². The highest BCUT2D eigenvalue weighted by Crippen LogP contribution is 2.39. The van der Waals surface area contributed by atoms with Gasteiger partial charge >= 0.3 is 0 Å². The molecular formula is C33H43N7O2. The molecule has 1 unspecified atom stereocenters. The molecule has 9 nitrogen and oxygen atoms in total. The topological polar surface area (TPSA) is 93.7 Å². The lowest BCUT2D eigenvalue weighted by molar-refractivity contribution is 0.184. The molecule has 0 bridgehead atoms. The maximum absolute atomic E-state index is 6.55. The molecule has 9 heteroatoms. The molecule has 222 valence electrons. The number of likely N-dealkylation sites (N-methyl/N-ethyl adjacent to an activating group) is 2. The van der Waals surface area contributed by atoms with Crippen LogP contribution in [0.3, 0.4) is 0 Å². The predicted molar refractivity (Wildman–Crippen MR) is 171 cm³/mol. The van der Waals surface area contributed by atoms with E-state index in [1.165, 1.54) is 27.6 Å². The zero-order valence-electron chi connectivity index (χ0n) is 25.3. The number of anilines is 4. The van der Waals surface area contributed by atoms with Crippen molar-refractivity contribution in [1.82, 2.24) is 19.4 Å². The highest BCUT2D eigenvalue weighted by Gasteiger charge is 2.22. The van der Waals surface area contributed by atoms with E-state index in [2.05, 4.69) is 58.2 Å². The number of para-hydroxylation sites is 1. The van der Waals surface area contributed by atoms with Crippen LogP contribution in [0.4, 0.5) is 23.0 Å². The summed E-state index contributed by atoms with van der Waals surface area (Å²) in [5, 5.41) is 4.69. The van der Waals surface area contributed by atoms with E-state index < -0.39 is 0 Å². The zero-order valence-corrected chi connectivity index (χ0v) is 25.3. The third kappa shape index (κ3) is 5.76. The number of aryl methyl sites for hydroxylation is 3. The molecule has 2 aliphatic rings. The van der Waals surface area contributed by atoms with Gasteiger partial charge in [0, 0.05) is 69.3 Å². The number of hydrogen-bond donors (Lipinski definition) is 2. The van der Waals surface area contributed by atoms with Gasteiger partial charge in [-0.3, -0.25) is 0 Å². The first kappa shape index (κ1) is 28.3. The van der Waals surface area contributed by atoms with Crippen molar-refractivity contribution < 1.29 is 9.47 Å². The van der Waals surface area contributed by atoms with Gasteiger partial charge in [0.05, 0.1) is 35.4 Å². The van der Waals surface area contributed by atoms with Crippen LogP contribution in [-0.4, -0.2) is 74.0 Å². The largest absolute Gasteiger partial charge is 0.494 e. The number of methoxy groups -OCH3 is 1. The summed E-state index contributed by atoms with van der Waals surface area (Å²) in [6.45, 7) is 4.52. The molecule has 0 aliphatic carbocycles. The minimum Gasteiger partial charge on any atom is -0.494 e. The van der Waals surface area contributed by atoms with Crippen molar-refractivity contribution in [1.29, 1.82) is 0 Å². The number of aromatic nitrogens is 3. The number of nitrogens with one attached hydrogen (secondary N) is 1. The van der Waals surface area contributed by atoms with Crippen LogP contribution < -0.4 is 20.7 Å². The number of nitrogens with two attached hydrogens (primary N) is 1. The van der Waals surface area contributed by atoms with Crippen LogP contribution in [0.2, 0.25) is 0 Å². The second-order valence-corrected chi connectivity index (χ2v) is 11.9. The number of nitrogens with zero attached hydrogens (tertiary/aromatic N) is 5. The fraction of sp³-hybridized carbons (Fsp3) is 0.455. The molecule has 1 atom stereocenters. The van der Waals surface area contributed by atoms with Gasteiger partial charge in [0.15, 0.2) is 0 Å². The summed E-state index contributed by atoms with van der Waals surface area (Å²) in [4.78, 5) is 14.3. The number of benzene rings is 2. The summed E-state index contributed by atoms with van der Waals surface area (Å²) in [7, 11) is 7.86. The lowest BCUT2D eigenvalue weighted by Gasteiger charge is -2.24. The van der Waals surface area contributed by atoms with E-state index in [-0.39, 0.29) is 0 Å². The van der Waals surface area contributed by atoms with Gasteiger partial charge in [0.25, 0.3) is 0 Å². The third-order valence-electron chi connectivity index (χ3n) is 8.68. The maximum atomic E-state index is 6.55. The van der Waals surface area contributed by atoms with Crippen LogP contribution in [0.1, 0.15) is 30.4 Å². The Morgan fingerprint density at radius 3 is 2.86 bits per heavy atom. The second kappa shape index (κ2) is 12.2. The Hall–Kier alpha value is -3.82. The first-order chi connectivity index (χ1) is 20.4. The van der Waals surface area contributed by atoms with Crippen molar-refractivity contribution in [3.05, 3.63) is 53.9 Å². The van der Waals surface area contributed by atoms with Crippen LogP contribution >= 0.6 is 0 Å². The minimum atomic E-state index is 0.524. The lowest BCUT2D eigenvalue weighted by atomic mass is 9.96. The Bertz CT molecular complexity index is 1560. The van der Waals surface area contributed by atoms with Crippen molar-refractivity contribution >= 4 is 33.9 Å². The normalized spacial score (nSPS) is 16.4. The summed E-state index contributed by atoms with van der Waals surface area (Å²) >= 11 is 0. The van der Waals surface area contributed by atoms with E-state index in [0.29, 0.717) is 23.3 Å². The quantitative estimate of drug-likeness (QED) is 0.234. The van der Waals surface area contributed by atoms with E-state index in [0.717, 1.165) is 82.0 Å². The lowest BCUT2D eigenvalue weighted by Crippen LogP contribution is -2.29. The Kier molecular flexibility index (Phi) is 8.22. The number of rotatable bonds is 11. The van der Waals surface area contributed by atoms with Crippen LogP contribution in [0, 0.1) is 5.92 Å². The molecule has 0 radical (unpaired) electrons. The fourth-order valence-corrected chi connectivity index (χ4v) is 6.27. The Balaban J connectivity index is 1.36. The molecule has 0 amide bonds. The average molecular weight is 570 g/mol. The van der Waals surface area contributed by atoms with Gasteiger partial charge in [-0.2, -0.15) is 0 Å². The zero-order chi connectivity index (χ0) is 29.2. The molecule has 4 aromatic rings. The molecule has 6 rings (SSSR count). The molecule has 4 heterocycles. The van der Waals surface area contributed by atoms with Crippen molar-refractivity contribution in [2.75, 3.05) is 70.5 Å². The van der Waals surface area contributed by atoms with E-state index in [1.807, 2.05) is 25.4 Å². The van der Waals surface area contributed by atoms with Gasteiger partial charge in [-0.15, -0.1) is 0 Å². The predicted octanol–water partition coefficient (Wildman–Crippen LogP) is 5.35. The number of nitrogen functional groups attached to an aromatic ring is 1. The van der Waals surface area contributed by atoms with Crippen LogP contribution in [0.15, 0.2) is 42.7 Å². The van der Waals surface area contributed by atoms with E-state index in [9.17, 15) is 0 Å². The van der Waals surface area contributed by atoms with Gasteiger partial charge < -0.3 is 34.9 Å². The van der Waals surface area contributed by atoms with Crippen molar-refractivity contribution in [2.24, 2.45) is 5.92 Å². The van der Waals surface area contributed by atoms with Crippen molar-refractivity contribution in [2.45, 2.75) is 38.6 Å².